The highest BCUT2D eigenvalue weighted by atomic mass is 35.5. The van der Waals surface area contributed by atoms with Crippen LogP contribution in [-0.4, -0.2) is 31.5 Å². The van der Waals surface area contributed by atoms with Crippen molar-refractivity contribution in [3.8, 4) is 5.75 Å². The van der Waals surface area contributed by atoms with Crippen molar-refractivity contribution in [2.45, 2.75) is 32.1 Å². The van der Waals surface area contributed by atoms with Crippen LogP contribution < -0.4 is 25.8 Å². The minimum absolute atomic E-state index is 0.218. The Labute approximate surface area is 225 Å². The number of nitrogens with zero attached hydrogens (tertiary/aromatic N) is 1. The second-order valence-corrected chi connectivity index (χ2v) is 10.4. The van der Waals surface area contributed by atoms with E-state index in [1.165, 1.54) is 24.3 Å². The maximum Gasteiger partial charge on any atom is 0.293 e. The highest BCUT2D eigenvalue weighted by molar-refractivity contribution is 7.91. The number of halogens is 1. The molecule has 200 valence electrons. The molecule has 0 bridgehead atoms. The molecule has 0 aliphatic rings. The fourth-order valence-corrected chi connectivity index (χ4v) is 4.86. The van der Waals surface area contributed by atoms with Crippen LogP contribution in [0.5, 0.6) is 5.75 Å². The topological polar surface area (TPSA) is 136 Å². The molecule has 10 nitrogen and oxygen atoms in total. The first-order valence-electron chi connectivity index (χ1n) is 11.5. The summed E-state index contributed by atoms with van der Waals surface area (Å²) in [5.74, 6) is -0.744. The molecule has 0 aliphatic heterocycles. The smallest absolute Gasteiger partial charge is 0.293 e. The van der Waals surface area contributed by atoms with E-state index >= 15 is 0 Å². The number of aryl methyl sites for hydroxylation is 1. The van der Waals surface area contributed by atoms with Crippen molar-refractivity contribution < 1.29 is 22.7 Å². The Balaban J connectivity index is 1.82. The van der Waals surface area contributed by atoms with E-state index < -0.39 is 27.6 Å². The minimum atomic E-state index is -3.90. The maximum atomic E-state index is 13.1. The van der Waals surface area contributed by atoms with Crippen LogP contribution in [0.3, 0.4) is 0 Å². The van der Waals surface area contributed by atoms with Crippen LogP contribution in [0.25, 0.3) is 5.70 Å². The van der Waals surface area contributed by atoms with Gasteiger partial charge in [0.05, 0.1) is 5.75 Å². The summed E-state index contributed by atoms with van der Waals surface area (Å²) in [6.07, 6.45) is -0.380. The van der Waals surface area contributed by atoms with Crippen LogP contribution >= 0.6 is 11.6 Å². The summed E-state index contributed by atoms with van der Waals surface area (Å²) < 4.78 is 34.4. The van der Waals surface area contributed by atoms with Crippen LogP contribution in [-0.2, 0) is 25.4 Å². The highest BCUT2D eigenvalue weighted by Gasteiger charge is 2.23. The molecular weight excluding hydrogens is 532 g/mol. The lowest BCUT2D eigenvalue weighted by atomic mass is 10.1. The lowest BCUT2D eigenvalue weighted by molar-refractivity contribution is -0.123. The molecule has 1 heterocycles. The summed E-state index contributed by atoms with van der Waals surface area (Å²) in [7, 11) is -3.90. The first-order valence-corrected chi connectivity index (χ1v) is 13.5. The maximum absolute atomic E-state index is 13.1. The number of benzene rings is 2. The fourth-order valence-electron chi connectivity index (χ4n) is 3.49. The van der Waals surface area contributed by atoms with E-state index in [0.29, 0.717) is 28.3 Å². The largest absolute Gasteiger partial charge is 0.480 e. The molecule has 12 heteroatoms. The Morgan fingerprint density at radius 3 is 2.53 bits per heavy atom. The highest BCUT2D eigenvalue weighted by Crippen LogP contribution is 2.28. The average Bonchev–Trinajstić information content (AvgIpc) is 2.87. The molecule has 0 aliphatic carbocycles. The average molecular weight is 559 g/mol. The van der Waals surface area contributed by atoms with Crippen molar-refractivity contribution in [2.24, 2.45) is 0 Å². The van der Waals surface area contributed by atoms with E-state index in [0.717, 1.165) is 4.68 Å². The first-order chi connectivity index (χ1) is 18.0. The molecule has 1 atom stereocenters. The van der Waals surface area contributed by atoms with Gasteiger partial charge in [-0.3, -0.25) is 24.5 Å². The van der Waals surface area contributed by atoms with Gasteiger partial charge in [-0.1, -0.05) is 55.4 Å². The van der Waals surface area contributed by atoms with Crippen molar-refractivity contribution in [3.05, 3.63) is 99.4 Å². The number of hydrogen-bond donors (Lipinski definition) is 3. The van der Waals surface area contributed by atoms with Gasteiger partial charge in [-0.25, -0.2) is 13.1 Å². The van der Waals surface area contributed by atoms with E-state index in [4.69, 9.17) is 16.3 Å². The van der Waals surface area contributed by atoms with Gasteiger partial charge in [0.2, 0.25) is 16.4 Å². The number of carbonyl (C=O) groups is 2. The number of hydrogen-bond acceptors (Lipinski definition) is 6. The standard InChI is InChI=1S/C26H27ClN4O6S/c1-4-23(37-24-13-11-20(27)14-21(24)18(3)28-16-32)25(33)29-31-17(2)10-12-22(26(31)34)30-38(35,36)15-19-8-6-5-7-9-19/h5-14,16,23,30H,3-4,15H2,1-2H3,(H,28,32)(H,29,33). The zero-order chi connectivity index (χ0) is 27.9. The number of anilines is 1. The zero-order valence-electron chi connectivity index (χ0n) is 20.7. The van der Waals surface area contributed by atoms with E-state index in [9.17, 15) is 22.8 Å². The molecule has 3 aromatic rings. The molecule has 1 unspecified atom stereocenters. The molecular formula is C26H27ClN4O6S. The van der Waals surface area contributed by atoms with Gasteiger partial charge in [-0.15, -0.1) is 0 Å². The van der Waals surface area contributed by atoms with E-state index in [1.807, 2.05) is 0 Å². The molecule has 0 saturated carbocycles. The number of aromatic nitrogens is 1. The van der Waals surface area contributed by atoms with Crippen LogP contribution in [0.15, 0.2) is 72.0 Å². The van der Waals surface area contributed by atoms with Crippen LogP contribution in [0.1, 0.15) is 30.2 Å². The van der Waals surface area contributed by atoms with E-state index in [2.05, 4.69) is 22.0 Å². The first kappa shape index (κ1) is 28.5. The van der Waals surface area contributed by atoms with Gasteiger partial charge in [0.1, 0.15) is 11.4 Å². The molecule has 3 rings (SSSR count). The third-order valence-electron chi connectivity index (χ3n) is 5.40. The number of sulfonamides is 1. The summed E-state index contributed by atoms with van der Waals surface area (Å²) in [6, 6.07) is 16.0. The Morgan fingerprint density at radius 1 is 1.16 bits per heavy atom. The summed E-state index contributed by atoms with van der Waals surface area (Å²) in [4.78, 5) is 37.1. The van der Waals surface area contributed by atoms with Crippen molar-refractivity contribution >= 4 is 45.3 Å². The molecule has 0 fully saturated rings. The monoisotopic (exact) mass is 558 g/mol. The SMILES string of the molecule is C=C(NC=O)c1cc(Cl)ccc1OC(CC)C(=O)Nn1c(C)ccc(NS(=O)(=O)Cc2ccccc2)c1=O. The predicted octanol–water partition coefficient (Wildman–Crippen LogP) is 3.40. The summed E-state index contributed by atoms with van der Waals surface area (Å²) in [5.41, 5.74) is 3.01. The summed E-state index contributed by atoms with van der Waals surface area (Å²) >= 11 is 6.06. The van der Waals surface area contributed by atoms with Crippen molar-refractivity contribution in [1.82, 2.24) is 9.99 Å². The van der Waals surface area contributed by atoms with Crippen molar-refractivity contribution in [2.75, 3.05) is 10.1 Å². The van der Waals surface area contributed by atoms with Crippen LogP contribution in [0.4, 0.5) is 5.69 Å². The lowest BCUT2D eigenvalue weighted by Crippen LogP contribution is -2.42. The van der Waals surface area contributed by atoms with Gasteiger partial charge in [0, 0.05) is 22.0 Å². The predicted molar refractivity (Wildman–Crippen MR) is 147 cm³/mol. The number of rotatable bonds is 12. The quantitative estimate of drug-likeness (QED) is 0.292. The minimum Gasteiger partial charge on any atom is -0.480 e. The molecule has 38 heavy (non-hydrogen) atoms. The third kappa shape index (κ3) is 7.24. The molecule has 2 amide bonds. The van der Waals surface area contributed by atoms with Crippen molar-refractivity contribution in [3.63, 3.8) is 0 Å². The Morgan fingerprint density at radius 2 is 1.87 bits per heavy atom. The second-order valence-electron chi connectivity index (χ2n) is 8.25. The van der Waals surface area contributed by atoms with Gasteiger partial charge in [0.25, 0.3) is 11.5 Å². The molecule has 1 aromatic heterocycles. The molecule has 0 saturated heterocycles. The van der Waals surface area contributed by atoms with Crippen molar-refractivity contribution in [1.29, 1.82) is 0 Å². The number of carbonyl (C=O) groups excluding carboxylic acids is 2. The number of nitrogens with one attached hydrogen (secondary N) is 3. The van der Waals surface area contributed by atoms with Crippen LogP contribution in [0.2, 0.25) is 5.02 Å². The third-order valence-corrected chi connectivity index (χ3v) is 6.88. The number of ether oxygens (including phenoxy) is 1. The van der Waals surface area contributed by atoms with Gasteiger partial charge >= 0.3 is 0 Å². The molecule has 0 radical (unpaired) electrons. The van der Waals surface area contributed by atoms with E-state index in [1.54, 1.807) is 50.2 Å². The van der Waals surface area contributed by atoms with Gasteiger partial charge < -0.3 is 10.1 Å². The number of amides is 2. The molecule has 0 spiro atoms. The van der Waals surface area contributed by atoms with Crippen LogP contribution in [0, 0.1) is 6.92 Å². The van der Waals surface area contributed by atoms with Gasteiger partial charge in [-0.05, 0) is 49.2 Å². The fraction of sp³-hybridized carbons (Fsp3) is 0.192. The normalized spacial score (nSPS) is 11.8. The lowest BCUT2D eigenvalue weighted by Gasteiger charge is -2.21. The Bertz CT molecular complexity index is 1510. The Kier molecular flexibility index (Phi) is 9.32. The van der Waals surface area contributed by atoms with E-state index in [-0.39, 0.29) is 29.3 Å². The Hall–Kier alpha value is -4.09. The molecule has 2 aromatic carbocycles. The summed E-state index contributed by atoms with van der Waals surface area (Å²) in [5, 5.41) is 2.80. The second kappa shape index (κ2) is 12.4. The number of pyridine rings is 1. The zero-order valence-corrected chi connectivity index (χ0v) is 22.3. The van der Waals surface area contributed by atoms with Gasteiger partial charge in [-0.2, -0.15) is 0 Å². The van der Waals surface area contributed by atoms with Gasteiger partial charge in [0.15, 0.2) is 6.10 Å². The summed E-state index contributed by atoms with van der Waals surface area (Å²) in [6.45, 7) is 7.06. The molecule has 3 N–H and O–H groups in total.